The Bertz CT molecular complexity index is 482. The van der Waals surface area contributed by atoms with Gasteiger partial charge < -0.3 is 4.74 Å². The smallest absolute Gasteiger partial charge is 0.331 e. The summed E-state index contributed by atoms with van der Waals surface area (Å²) >= 11 is 0. The van der Waals surface area contributed by atoms with E-state index in [0.717, 1.165) is 0 Å². The summed E-state index contributed by atoms with van der Waals surface area (Å²) in [4.78, 5) is 23.2. The summed E-state index contributed by atoms with van der Waals surface area (Å²) in [7, 11) is 0. The van der Waals surface area contributed by atoms with Gasteiger partial charge in [0.15, 0.2) is 0 Å². The van der Waals surface area contributed by atoms with Gasteiger partial charge >= 0.3 is 5.69 Å². The first-order chi connectivity index (χ1) is 7.22. The minimum absolute atomic E-state index is 0.0231. The van der Waals surface area contributed by atoms with E-state index in [-0.39, 0.29) is 17.4 Å². The average molecular weight is 208 g/mol. The lowest BCUT2D eigenvalue weighted by Crippen LogP contribution is -2.39. The number of rotatable bonds is 4. The van der Waals surface area contributed by atoms with Crippen LogP contribution in [0.3, 0.4) is 0 Å². The van der Waals surface area contributed by atoms with E-state index >= 15 is 0 Å². The SMILES string of the molecule is C=CCn1ccc(=O)n(CC2CO2)c1=O. The molecule has 1 saturated heterocycles. The molecule has 1 fully saturated rings. The molecule has 1 unspecified atom stereocenters. The van der Waals surface area contributed by atoms with Crippen LogP contribution in [0, 0.1) is 0 Å². The number of hydrogen-bond donors (Lipinski definition) is 0. The number of allylic oxidation sites excluding steroid dienone is 1. The van der Waals surface area contributed by atoms with Crippen LogP contribution >= 0.6 is 0 Å². The number of epoxide rings is 1. The fourth-order valence-electron chi connectivity index (χ4n) is 1.38. The van der Waals surface area contributed by atoms with Crippen molar-refractivity contribution in [2.45, 2.75) is 19.2 Å². The molecule has 2 rings (SSSR count). The quantitative estimate of drug-likeness (QED) is 0.499. The summed E-state index contributed by atoms with van der Waals surface area (Å²) in [5, 5.41) is 0. The summed E-state index contributed by atoms with van der Waals surface area (Å²) in [6.07, 6.45) is 3.12. The van der Waals surface area contributed by atoms with Gasteiger partial charge in [0, 0.05) is 18.8 Å². The van der Waals surface area contributed by atoms with Crippen molar-refractivity contribution in [1.29, 1.82) is 0 Å². The molecule has 0 radical (unpaired) electrons. The third kappa shape index (κ3) is 2.07. The highest BCUT2D eigenvalue weighted by Crippen LogP contribution is 2.08. The third-order valence-electron chi connectivity index (χ3n) is 2.25. The van der Waals surface area contributed by atoms with E-state index in [0.29, 0.717) is 19.7 Å². The van der Waals surface area contributed by atoms with Crippen LogP contribution in [-0.2, 0) is 17.8 Å². The molecule has 0 aliphatic carbocycles. The van der Waals surface area contributed by atoms with Gasteiger partial charge in [-0.1, -0.05) is 6.08 Å². The van der Waals surface area contributed by atoms with Crippen LogP contribution in [0.2, 0.25) is 0 Å². The predicted molar refractivity (Wildman–Crippen MR) is 54.9 cm³/mol. The lowest BCUT2D eigenvalue weighted by Gasteiger charge is -2.06. The fraction of sp³-hybridized carbons (Fsp3) is 0.400. The summed E-state index contributed by atoms with van der Waals surface area (Å²) in [6, 6.07) is 1.38. The van der Waals surface area contributed by atoms with Crippen LogP contribution in [0.5, 0.6) is 0 Å². The van der Waals surface area contributed by atoms with Crippen molar-refractivity contribution in [3.8, 4) is 0 Å². The molecule has 5 heteroatoms. The molecule has 0 bridgehead atoms. The zero-order valence-electron chi connectivity index (χ0n) is 8.26. The number of nitrogens with zero attached hydrogens (tertiary/aromatic N) is 2. The first kappa shape index (κ1) is 9.92. The molecule has 1 aliphatic rings. The van der Waals surface area contributed by atoms with Crippen molar-refractivity contribution >= 4 is 0 Å². The van der Waals surface area contributed by atoms with Gasteiger partial charge in [-0.05, 0) is 0 Å². The average Bonchev–Trinajstić information content (AvgIpc) is 3.01. The Balaban J connectivity index is 2.40. The third-order valence-corrected chi connectivity index (χ3v) is 2.25. The maximum Gasteiger partial charge on any atom is 0.331 e. The Morgan fingerprint density at radius 3 is 2.93 bits per heavy atom. The van der Waals surface area contributed by atoms with Crippen LogP contribution in [0.25, 0.3) is 0 Å². The van der Waals surface area contributed by atoms with E-state index in [4.69, 9.17) is 4.74 Å². The minimum Gasteiger partial charge on any atom is -0.371 e. The molecular formula is C10H12N2O3. The van der Waals surface area contributed by atoms with Crippen molar-refractivity contribution in [1.82, 2.24) is 9.13 Å². The Morgan fingerprint density at radius 1 is 1.60 bits per heavy atom. The Labute approximate surface area is 86.2 Å². The molecule has 5 nitrogen and oxygen atoms in total. The largest absolute Gasteiger partial charge is 0.371 e. The number of aromatic nitrogens is 2. The van der Waals surface area contributed by atoms with Crippen LogP contribution in [0.4, 0.5) is 0 Å². The zero-order chi connectivity index (χ0) is 10.8. The van der Waals surface area contributed by atoms with Gasteiger partial charge in [0.25, 0.3) is 5.56 Å². The molecule has 0 amide bonds. The first-order valence-electron chi connectivity index (χ1n) is 4.75. The van der Waals surface area contributed by atoms with E-state index < -0.39 is 0 Å². The highest BCUT2D eigenvalue weighted by molar-refractivity contribution is 4.89. The summed E-state index contributed by atoms with van der Waals surface area (Å²) < 4.78 is 7.63. The summed E-state index contributed by atoms with van der Waals surface area (Å²) in [6.45, 7) is 4.93. The summed E-state index contributed by atoms with van der Waals surface area (Å²) in [5.41, 5.74) is -0.589. The number of ether oxygens (including phenoxy) is 1. The fourth-order valence-corrected chi connectivity index (χ4v) is 1.38. The Kier molecular flexibility index (Phi) is 2.55. The second-order valence-electron chi connectivity index (χ2n) is 3.44. The second kappa shape index (κ2) is 3.86. The topological polar surface area (TPSA) is 56.5 Å². The van der Waals surface area contributed by atoms with Gasteiger partial charge in [0.1, 0.15) is 0 Å². The van der Waals surface area contributed by atoms with Crippen molar-refractivity contribution < 1.29 is 4.74 Å². The molecule has 0 aromatic carbocycles. The Morgan fingerprint density at radius 2 is 2.33 bits per heavy atom. The van der Waals surface area contributed by atoms with Crippen molar-refractivity contribution in [2.24, 2.45) is 0 Å². The van der Waals surface area contributed by atoms with Gasteiger partial charge in [0.05, 0.1) is 19.3 Å². The lowest BCUT2D eigenvalue weighted by molar-refractivity contribution is 0.373. The highest BCUT2D eigenvalue weighted by atomic mass is 16.6. The maximum absolute atomic E-state index is 11.8. The number of hydrogen-bond acceptors (Lipinski definition) is 3. The van der Waals surface area contributed by atoms with Crippen molar-refractivity contribution in [3.63, 3.8) is 0 Å². The Hall–Kier alpha value is -1.62. The van der Waals surface area contributed by atoms with E-state index in [1.807, 2.05) is 0 Å². The molecule has 0 saturated carbocycles. The van der Waals surface area contributed by atoms with Gasteiger partial charge in [0.2, 0.25) is 0 Å². The molecule has 1 aliphatic heterocycles. The molecule has 1 aromatic rings. The van der Waals surface area contributed by atoms with Crippen molar-refractivity contribution in [2.75, 3.05) is 6.61 Å². The van der Waals surface area contributed by atoms with Crippen LogP contribution < -0.4 is 11.2 Å². The van der Waals surface area contributed by atoms with Gasteiger partial charge in [-0.3, -0.25) is 13.9 Å². The molecular weight excluding hydrogens is 196 g/mol. The van der Waals surface area contributed by atoms with Crippen LogP contribution in [0.1, 0.15) is 0 Å². The predicted octanol–water partition coefficient (Wildman–Crippen LogP) is -0.405. The minimum atomic E-state index is -0.307. The maximum atomic E-state index is 11.8. The van der Waals surface area contributed by atoms with E-state index in [1.165, 1.54) is 21.4 Å². The van der Waals surface area contributed by atoms with Crippen LogP contribution in [-0.4, -0.2) is 21.8 Å². The molecule has 80 valence electrons. The standard InChI is InChI=1S/C10H12N2O3/c1-2-4-11-5-3-9(13)12(10(11)14)6-8-7-15-8/h2-3,5,8H,1,4,6-7H2. The molecule has 0 N–H and O–H groups in total. The van der Waals surface area contributed by atoms with E-state index in [2.05, 4.69) is 6.58 Å². The molecule has 1 aromatic heterocycles. The second-order valence-corrected chi connectivity index (χ2v) is 3.44. The normalized spacial score (nSPS) is 18.8. The molecule has 1 atom stereocenters. The highest BCUT2D eigenvalue weighted by Gasteiger charge is 2.24. The zero-order valence-corrected chi connectivity index (χ0v) is 8.26. The monoisotopic (exact) mass is 208 g/mol. The van der Waals surface area contributed by atoms with Crippen LogP contribution in [0.15, 0.2) is 34.5 Å². The van der Waals surface area contributed by atoms with E-state index in [1.54, 1.807) is 6.08 Å². The molecule has 0 spiro atoms. The summed E-state index contributed by atoms with van der Waals surface area (Å²) in [5.74, 6) is 0. The van der Waals surface area contributed by atoms with Crippen molar-refractivity contribution in [3.05, 3.63) is 45.8 Å². The molecule has 15 heavy (non-hydrogen) atoms. The van der Waals surface area contributed by atoms with Gasteiger partial charge in [-0.25, -0.2) is 4.79 Å². The van der Waals surface area contributed by atoms with Gasteiger partial charge in [-0.15, -0.1) is 6.58 Å². The first-order valence-corrected chi connectivity index (χ1v) is 4.75. The van der Waals surface area contributed by atoms with Gasteiger partial charge in [-0.2, -0.15) is 0 Å². The lowest BCUT2D eigenvalue weighted by atomic mass is 10.4. The molecule has 2 heterocycles. The van der Waals surface area contributed by atoms with E-state index in [9.17, 15) is 9.59 Å².